The largest absolute Gasteiger partial charge is 0.493 e. The second kappa shape index (κ2) is 5.87. The maximum Gasteiger partial charge on any atom is 0.251 e. The predicted molar refractivity (Wildman–Crippen MR) is 79.8 cm³/mol. The SMILES string of the molecule is COc1cc2c(cc1OCc1ccccc1)CCNC2=O. The van der Waals surface area contributed by atoms with Crippen molar-refractivity contribution in [3.05, 3.63) is 59.2 Å². The van der Waals surface area contributed by atoms with Gasteiger partial charge in [-0.05, 0) is 29.7 Å². The number of nitrogens with one attached hydrogen (secondary N) is 1. The molecule has 4 nitrogen and oxygen atoms in total. The first-order valence-corrected chi connectivity index (χ1v) is 6.94. The van der Waals surface area contributed by atoms with Crippen LogP contribution in [0.5, 0.6) is 11.5 Å². The topological polar surface area (TPSA) is 47.6 Å². The molecular formula is C17H17NO3. The van der Waals surface area contributed by atoms with Gasteiger partial charge >= 0.3 is 0 Å². The number of hydrogen-bond acceptors (Lipinski definition) is 3. The zero-order chi connectivity index (χ0) is 14.7. The average molecular weight is 283 g/mol. The van der Waals surface area contributed by atoms with Gasteiger partial charge in [0.15, 0.2) is 11.5 Å². The Morgan fingerprint density at radius 1 is 1.14 bits per heavy atom. The van der Waals surface area contributed by atoms with Crippen LogP contribution in [0.25, 0.3) is 0 Å². The molecule has 21 heavy (non-hydrogen) atoms. The van der Waals surface area contributed by atoms with E-state index in [1.807, 2.05) is 36.4 Å². The Morgan fingerprint density at radius 2 is 1.95 bits per heavy atom. The third kappa shape index (κ3) is 2.84. The maximum absolute atomic E-state index is 11.8. The molecule has 0 radical (unpaired) electrons. The molecule has 1 amide bonds. The molecule has 0 saturated carbocycles. The molecule has 3 rings (SSSR count). The summed E-state index contributed by atoms with van der Waals surface area (Å²) < 4.78 is 11.2. The lowest BCUT2D eigenvalue weighted by atomic mass is 9.99. The zero-order valence-corrected chi connectivity index (χ0v) is 11.9. The van der Waals surface area contributed by atoms with Crippen LogP contribution in [0.1, 0.15) is 21.5 Å². The van der Waals surface area contributed by atoms with Crippen molar-refractivity contribution < 1.29 is 14.3 Å². The van der Waals surface area contributed by atoms with Gasteiger partial charge in [-0.3, -0.25) is 4.79 Å². The maximum atomic E-state index is 11.8. The van der Waals surface area contributed by atoms with Crippen molar-refractivity contribution in [2.45, 2.75) is 13.0 Å². The molecule has 0 bridgehead atoms. The summed E-state index contributed by atoms with van der Waals surface area (Å²) in [5.74, 6) is 1.21. The smallest absolute Gasteiger partial charge is 0.251 e. The van der Waals surface area contributed by atoms with Crippen LogP contribution in [0.4, 0.5) is 0 Å². The Hall–Kier alpha value is -2.49. The molecule has 0 aromatic heterocycles. The van der Waals surface area contributed by atoms with Crippen LogP contribution in [0.15, 0.2) is 42.5 Å². The van der Waals surface area contributed by atoms with Crippen molar-refractivity contribution in [3.8, 4) is 11.5 Å². The van der Waals surface area contributed by atoms with Crippen LogP contribution < -0.4 is 14.8 Å². The number of carbonyl (C=O) groups excluding carboxylic acids is 1. The van der Waals surface area contributed by atoms with Crippen molar-refractivity contribution in [3.63, 3.8) is 0 Å². The summed E-state index contributed by atoms with van der Waals surface area (Å²) in [5.41, 5.74) is 2.77. The van der Waals surface area contributed by atoms with Gasteiger partial charge in [-0.25, -0.2) is 0 Å². The number of rotatable bonds is 4. The zero-order valence-electron chi connectivity index (χ0n) is 11.9. The quantitative estimate of drug-likeness (QED) is 0.938. The van der Waals surface area contributed by atoms with E-state index < -0.39 is 0 Å². The summed E-state index contributed by atoms with van der Waals surface area (Å²) in [6.45, 7) is 1.14. The molecule has 0 fully saturated rings. The van der Waals surface area contributed by atoms with Gasteiger partial charge in [-0.1, -0.05) is 30.3 Å². The van der Waals surface area contributed by atoms with E-state index in [0.29, 0.717) is 30.2 Å². The molecular weight excluding hydrogens is 266 g/mol. The summed E-state index contributed by atoms with van der Waals surface area (Å²) in [6.07, 6.45) is 0.812. The molecule has 0 unspecified atom stereocenters. The van der Waals surface area contributed by atoms with E-state index in [4.69, 9.17) is 9.47 Å². The van der Waals surface area contributed by atoms with Crippen LogP contribution in [-0.4, -0.2) is 19.6 Å². The predicted octanol–water partition coefficient (Wildman–Crippen LogP) is 2.56. The van der Waals surface area contributed by atoms with Gasteiger partial charge in [0.25, 0.3) is 5.91 Å². The minimum atomic E-state index is -0.0517. The molecule has 2 aromatic carbocycles. The van der Waals surface area contributed by atoms with Crippen LogP contribution in [0, 0.1) is 0 Å². The molecule has 0 aliphatic carbocycles. The van der Waals surface area contributed by atoms with Crippen molar-refractivity contribution in [1.82, 2.24) is 5.32 Å². The average Bonchev–Trinajstić information content (AvgIpc) is 2.53. The van der Waals surface area contributed by atoms with Crippen LogP contribution in [0.2, 0.25) is 0 Å². The summed E-state index contributed by atoms with van der Waals surface area (Å²) >= 11 is 0. The Labute approximate surface area is 123 Å². The molecule has 1 N–H and O–H groups in total. The second-order valence-corrected chi connectivity index (χ2v) is 4.94. The van der Waals surface area contributed by atoms with Crippen LogP contribution >= 0.6 is 0 Å². The van der Waals surface area contributed by atoms with Gasteiger partial charge in [0.1, 0.15) is 6.61 Å². The van der Waals surface area contributed by atoms with Gasteiger partial charge in [-0.2, -0.15) is 0 Å². The van der Waals surface area contributed by atoms with Gasteiger partial charge in [-0.15, -0.1) is 0 Å². The molecule has 4 heteroatoms. The number of carbonyl (C=O) groups is 1. The molecule has 1 heterocycles. The number of benzene rings is 2. The lowest BCUT2D eigenvalue weighted by Gasteiger charge is -2.19. The summed E-state index contributed by atoms with van der Waals surface area (Å²) in [5, 5.41) is 2.83. The number of methoxy groups -OCH3 is 1. The first kappa shape index (κ1) is 13.5. The molecule has 0 saturated heterocycles. The van der Waals surface area contributed by atoms with E-state index >= 15 is 0 Å². The number of fused-ring (bicyclic) bond motifs is 1. The van der Waals surface area contributed by atoms with Crippen molar-refractivity contribution in [1.29, 1.82) is 0 Å². The first-order chi connectivity index (χ1) is 10.3. The Kier molecular flexibility index (Phi) is 3.77. The number of amides is 1. The first-order valence-electron chi connectivity index (χ1n) is 6.94. The van der Waals surface area contributed by atoms with Gasteiger partial charge < -0.3 is 14.8 Å². The highest BCUT2D eigenvalue weighted by atomic mass is 16.5. The van der Waals surface area contributed by atoms with Crippen LogP contribution in [0.3, 0.4) is 0 Å². The summed E-state index contributed by atoms with van der Waals surface area (Å²) in [6, 6.07) is 13.6. The van der Waals surface area contributed by atoms with Gasteiger partial charge in [0.05, 0.1) is 7.11 Å². The fourth-order valence-electron chi connectivity index (χ4n) is 2.43. The molecule has 2 aromatic rings. The molecule has 0 atom stereocenters. The minimum Gasteiger partial charge on any atom is -0.493 e. The van der Waals surface area contributed by atoms with Crippen molar-refractivity contribution in [2.24, 2.45) is 0 Å². The van der Waals surface area contributed by atoms with E-state index in [0.717, 1.165) is 17.5 Å². The van der Waals surface area contributed by atoms with Crippen molar-refractivity contribution >= 4 is 5.91 Å². The number of ether oxygens (including phenoxy) is 2. The highest BCUT2D eigenvalue weighted by molar-refractivity contribution is 5.97. The number of hydrogen-bond donors (Lipinski definition) is 1. The third-order valence-corrected chi connectivity index (χ3v) is 3.55. The van der Waals surface area contributed by atoms with Gasteiger partial charge in [0, 0.05) is 12.1 Å². The summed E-state index contributed by atoms with van der Waals surface area (Å²) in [4.78, 5) is 11.8. The Bertz CT molecular complexity index is 653. The Balaban J connectivity index is 1.86. The highest BCUT2D eigenvalue weighted by Crippen LogP contribution is 2.32. The van der Waals surface area contributed by atoms with Crippen LogP contribution in [-0.2, 0) is 13.0 Å². The lowest BCUT2D eigenvalue weighted by Crippen LogP contribution is -2.31. The van der Waals surface area contributed by atoms with Crippen molar-refractivity contribution in [2.75, 3.05) is 13.7 Å². The molecule has 1 aliphatic rings. The fraction of sp³-hybridized carbons (Fsp3) is 0.235. The molecule has 0 spiro atoms. The standard InChI is InChI=1S/C17H17NO3/c1-20-15-10-14-13(7-8-18-17(14)19)9-16(15)21-11-12-5-3-2-4-6-12/h2-6,9-10H,7-8,11H2,1H3,(H,18,19). The Morgan fingerprint density at radius 3 is 2.71 bits per heavy atom. The minimum absolute atomic E-state index is 0.0517. The lowest BCUT2D eigenvalue weighted by molar-refractivity contribution is 0.0945. The third-order valence-electron chi connectivity index (χ3n) is 3.55. The molecule has 1 aliphatic heterocycles. The van der Waals surface area contributed by atoms with E-state index in [9.17, 15) is 4.79 Å². The molecule has 108 valence electrons. The summed E-state index contributed by atoms with van der Waals surface area (Å²) in [7, 11) is 1.58. The van der Waals surface area contributed by atoms with E-state index in [1.165, 1.54) is 0 Å². The normalized spacial score (nSPS) is 13.3. The second-order valence-electron chi connectivity index (χ2n) is 4.94. The monoisotopic (exact) mass is 283 g/mol. The highest BCUT2D eigenvalue weighted by Gasteiger charge is 2.20. The van der Waals surface area contributed by atoms with E-state index in [2.05, 4.69) is 5.32 Å². The van der Waals surface area contributed by atoms with E-state index in [1.54, 1.807) is 13.2 Å². The van der Waals surface area contributed by atoms with E-state index in [-0.39, 0.29) is 5.91 Å². The fourth-order valence-corrected chi connectivity index (χ4v) is 2.43. The van der Waals surface area contributed by atoms with Gasteiger partial charge in [0.2, 0.25) is 0 Å².